The maximum Gasteiger partial charge on any atom is 0.187 e. The lowest BCUT2D eigenvalue weighted by Gasteiger charge is -2.40. The summed E-state index contributed by atoms with van der Waals surface area (Å²) in [5, 5.41) is 3.16. The molecule has 0 saturated heterocycles. The lowest BCUT2D eigenvalue weighted by atomic mass is 9.88. The number of rotatable bonds is 0. The maximum atomic E-state index is 13.3. The molecular formula is C13H16FNO2S. The predicted octanol–water partition coefficient (Wildman–Crippen LogP) is 2.73. The lowest BCUT2D eigenvalue weighted by molar-refractivity contribution is 0.380. The summed E-state index contributed by atoms with van der Waals surface area (Å²) in [6.45, 7) is 0.452. The van der Waals surface area contributed by atoms with E-state index in [1.54, 1.807) is 0 Å². The van der Waals surface area contributed by atoms with Crippen molar-refractivity contribution in [3.05, 3.63) is 24.0 Å². The van der Waals surface area contributed by atoms with E-state index >= 15 is 0 Å². The zero-order valence-electron chi connectivity index (χ0n) is 10.1. The smallest absolute Gasteiger partial charge is 0.187 e. The summed E-state index contributed by atoms with van der Waals surface area (Å²) in [6.07, 6.45) is 4.32. The average molecular weight is 269 g/mol. The van der Waals surface area contributed by atoms with Gasteiger partial charge < -0.3 is 5.32 Å². The SMILES string of the molecule is O=S1(=O)c2cc(F)ccc2NCC12CCCCC2. The first-order chi connectivity index (χ1) is 8.55. The van der Waals surface area contributed by atoms with E-state index < -0.39 is 20.4 Å². The van der Waals surface area contributed by atoms with E-state index in [1.807, 2.05) is 0 Å². The van der Waals surface area contributed by atoms with E-state index in [0.717, 1.165) is 25.3 Å². The molecule has 1 aromatic carbocycles. The van der Waals surface area contributed by atoms with Gasteiger partial charge in [0.15, 0.2) is 9.84 Å². The number of sulfone groups is 1. The highest BCUT2D eigenvalue weighted by Gasteiger charge is 2.48. The summed E-state index contributed by atoms with van der Waals surface area (Å²) in [6, 6.07) is 3.95. The fourth-order valence-electron chi connectivity index (χ4n) is 3.09. The molecule has 0 atom stereocenters. The number of fused-ring (bicyclic) bond motifs is 1. The standard InChI is InChI=1S/C13H16FNO2S/c14-10-4-5-11-12(8-10)18(16,17)13(9-15-11)6-2-1-3-7-13/h4-5,8,15H,1-3,6-7,9H2. The Morgan fingerprint density at radius 1 is 1.17 bits per heavy atom. The molecule has 1 aliphatic carbocycles. The van der Waals surface area contributed by atoms with Crippen LogP contribution in [-0.4, -0.2) is 19.7 Å². The fourth-order valence-corrected chi connectivity index (χ4v) is 5.34. The topological polar surface area (TPSA) is 46.2 Å². The van der Waals surface area contributed by atoms with Crippen molar-refractivity contribution >= 4 is 15.5 Å². The highest BCUT2D eigenvalue weighted by molar-refractivity contribution is 7.93. The van der Waals surface area contributed by atoms with Crippen molar-refractivity contribution in [3.63, 3.8) is 0 Å². The molecule has 0 bridgehead atoms. The van der Waals surface area contributed by atoms with Gasteiger partial charge in [-0.15, -0.1) is 0 Å². The molecule has 1 heterocycles. The van der Waals surface area contributed by atoms with Crippen LogP contribution in [0.2, 0.25) is 0 Å². The third-order valence-electron chi connectivity index (χ3n) is 4.17. The van der Waals surface area contributed by atoms with Crippen LogP contribution in [0.3, 0.4) is 0 Å². The van der Waals surface area contributed by atoms with Gasteiger partial charge in [-0.05, 0) is 31.0 Å². The van der Waals surface area contributed by atoms with Crippen molar-refractivity contribution in [3.8, 4) is 0 Å². The first-order valence-corrected chi connectivity index (χ1v) is 7.82. The Bertz CT molecular complexity index is 577. The molecule has 5 heteroatoms. The Hall–Kier alpha value is -1.10. The summed E-state index contributed by atoms with van der Waals surface area (Å²) < 4.78 is 38.0. The van der Waals surface area contributed by atoms with Crippen molar-refractivity contribution in [2.45, 2.75) is 41.7 Å². The van der Waals surface area contributed by atoms with Crippen molar-refractivity contribution < 1.29 is 12.8 Å². The Morgan fingerprint density at radius 3 is 2.61 bits per heavy atom. The van der Waals surface area contributed by atoms with Crippen LogP contribution in [-0.2, 0) is 9.84 Å². The Labute approximate surface area is 106 Å². The van der Waals surface area contributed by atoms with Gasteiger partial charge >= 0.3 is 0 Å². The molecule has 3 rings (SSSR count). The second-order valence-corrected chi connectivity index (χ2v) is 7.55. The number of anilines is 1. The summed E-state index contributed by atoms with van der Waals surface area (Å²) in [4.78, 5) is 0.135. The second-order valence-electron chi connectivity index (χ2n) is 5.24. The summed E-state index contributed by atoms with van der Waals surface area (Å²) >= 11 is 0. The molecule has 0 amide bonds. The molecule has 98 valence electrons. The monoisotopic (exact) mass is 269 g/mol. The van der Waals surface area contributed by atoms with Gasteiger partial charge in [0.1, 0.15) is 5.82 Å². The highest BCUT2D eigenvalue weighted by Crippen LogP contribution is 2.44. The van der Waals surface area contributed by atoms with Crippen LogP contribution >= 0.6 is 0 Å². The first-order valence-electron chi connectivity index (χ1n) is 6.33. The molecule has 1 spiro atoms. The zero-order chi connectivity index (χ0) is 12.8. The van der Waals surface area contributed by atoms with E-state index in [1.165, 1.54) is 12.1 Å². The molecule has 0 aromatic heterocycles. The molecule has 1 aliphatic heterocycles. The Morgan fingerprint density at radius 2 is 1.89 bits per heavy atom. The summed E-state index contributed by atoms with van der Waals surface area (Å²) in [5.74, 6) is -0.494. The van der Waals surface area contributed by atoms with Gasteiger partial charge in [0, 0.05) is 6.54 Å². The zero-order valence-corrected chi connectivity index (χ0v) is 10.9. The molecule has 3 nitrogen and oxygen atoms in total. The van der Waals surface area contributed by atoms with E-state index in [9.17, 15) is 12.8 Å². The Kier molecular flexibility index (Phi) is 2.62. The minimum atomic E-state index is -3.43. The van der Waals surface area contributed by atoms with E-state index in [-0.39, 0.29) is 4.90 Å². The van der Waals surface area contributed by atoms with Crippen LogP contribution in [0, 0.1) is 5.82 Å². The predicted molar refractivity (Wildman–Crippen MR) is 67.9 cm³/mol. The molecule has 18 heavy (non-hydrogen) atoms. The third-order valence-corrected chi connectivity index (χ3v) is 6.78. The molecule has 0 radical (unpaired) electrons. The first kappa shape index (κ1) is 12.0. The van der Waals surface area contributed by atoms with E-state index in [0.29, 0.717) is 25.1 Å². The summed E-state index contributed by atoms with van der Waals surface area (Å²) in [7, 11) is -3.43. The van der Waals surface area contributed by atoms with Crippen molar-refractivity contribution in [2.75, 3.05) is 11.9 Å². The van der Waals surface area contributed by atoms with Crippen LogP contribution in [0.4, 0.5) is 10.1 Å². The van der Waals surface area contributed by atoms with Crippen LogP contribution < -0.4 is 5.32 Å². The largest absolute Gasteiger partial charge is 0.382 e. The number of halogens is 1. The molecule has 2 aliphatic rings. The van der Waals surface area contributed by atoms with Gasteiger partial charge in [-0.1, -0.05) is 19.3 Å². The number of hydrogen-bond acceptors (Lipinski definition) is 3. The van der Waals surface area contributed by atoms with E-state index in [2.05, 4.69) is 5.32 Å². The highest BCUT2D eigenvalue weighted by atomic mass is 32.2. The normalized spacial score (nSPS) is 24.3. The average Bonchev–Trinajstić information content (AvgIpc) is 2.37. The van der Waals surface area contributed by atoms with Gasteiger partial charge in [-0.3, -0.25) is 0 Å². The van der Waals surface area contributed by atoms with Crippen LogP contribution in [0.1, 0.15) is 32.1 Å². The molecule has 1 fully saturated rings. The molecule has 0 unspecified atom stereocenters. The van der Waals surface area contributed by atoms with E-state index in [4.69, 9.17) is 0 Å². The van der Waals surface area contributed by atoms with Gasteiger partial charge in [0.25, 0.3) is 0 Å². The fraction of sp³-hybridized carbons (Fsp3) is 0.538. The van der Waals surface area contributed by atoms with Gasteiger partial charge in [-0.2, -0.15) is 0 Å². The van der Waals surface area contributed by atoms with Crippen molar-refractivity contribution in [1.82, 2.24) is 0 Å². The lowest BCUT2D eigenvalue weighted by Crippen LogP contribution is -2.49. The minimum Gasteiger partial charge on any atom is -0.382 e. The Balaban J connectivity index is 2.15. The minimum absolute atomic E-state index is 0.135. The number of hydrogen-bond donors (Lipinski definition) is 1. The number of benzene rings is 1. The molecule has 1 saturated carbocycles. The molecule has 1 N–H and O–H groups in total. The van der Waals surface area contributed by atoms with Gasteiger partial charge in [0.05, 0.1) is 15.3 Å². The number of nitrogens with one attached hydrogen (secondary N) is 1. The third kappa shape index (κ3) is 1.56. The van der Waals surface area contributed by atoms with Gasteiger partial charge in [0.2, 0.25) is 0 Å². The van der Waals surface area contributed by atoms with Crippen molar-refractivity contribution in [1.29, 1.82) is 0 Å². The second kappa shape index (κ2) is 3.95. The van der Waals surface area contributed by atoms with Crippen molar-refractivity contribution in [2.24, 2.45) is 0 Å². The van der Waals surface area contributed by atoms with Crippen LogP contribution in [0.15, 0.2) is 23.1 Å². The quantitative estimate of drug-likeness (QED) is 0.787. The molecule has 1 aromatic rings. The molecular weight excluding hydrogens is 253 g/mol. The van der Waals surface area contributed by atoms with Crippen LogP contribution in [0.25, 0.3) is 0 Å². The summed E-state index contributed by atoms with van der Waals surface area (Å²) in [5.41, 5.74) is 0.535. The maximum absolute atomic E-state index is 13.3. The van der Waals surface area contributed by atoms with Crippen LogP contribution in [0.5, 0.6) is 0 Å². The van der Waals surface area contributed by atoms with Gasteiger partial charge in [-0.25, -0.2) is 12.8 Å².